The number of rotatable bonds is 13. The van der Waals surface area contributed by atoms with Crippen LogP contribution in [0.1, 0.15) is 186 Å². The number of nitrogens with one attached hydrogen (secondary N) is 5. The van der Waals surface area contributed by atoms with E-state index in [0.29, 0.717) is 96.3 Å². The summed E-state index contributed by atoms with van der Waals surface area (Å²) in [4.78, 5) is 128. The smallest absolute Gasteiger partial charge is 0.348 e. The zero-order valence-corrected chi connectivity index (χ0v) is 50.7. The number of esters is 2. The number of aromatic amines is 1. The number of aliphatic hydroxyl groups is 1. The summed E-state index contributed by atoms with van der Waals surface area (Å²) in [5.41, 5.74) is 6.41. The number of hydrogen-bond acceptors (Lipinski definition) is 13. The Hall–Kier alpha value is -9.97. The minimum atomic E-state index is -0.707. The molecule has 1 aliphatic heterocycles. The number of fused-ring (bicyclic) bond motifs is 5. The maximum Gasteiger partial charge on any atom is 0.348 e. The van der Waals surface area contributed by atoms with Crippen molar-refractivity contribution in [3.63, 3.8) is 0 Å². The maximum atomic E-state index is 12.8. The fraction of sp³-hybridized carbons (Fsp3) is 0.290. The Kier molecular flexibility index (Phi) is 20.3. The van der Waals surface area contributed by atoms with Crippen molar-refractivity contribution in [2.45, 2.75) is 114 Å². The number of benzene rings is 6. The number of aryl methyl sites for hydroxylation is 1. The zero-order valence-electron chi connectivity index (χ0n) is 50.7. The molecule has 2 atom stereocenters. The van der Waals surface area contributed by atoms with Crippen LogP contribution < -0.4 is 26.8 Å². The first-order valence-electron chi connectivity index (χ1n) is 28.9. The first-order chi connectivity index (χ1) is 41.2. The lowest BCUT2D eigenvalue weighted by Crippen LogP contribution is -2.32. The number of cyclic esters (lactones) is 2. The molecule has 87 heavy (non-hydrogen) atoms. The fourth-order valence-corrected chi connectivity index (χ4v) is 9.08. The number of hydrogen-bond donors (Lipinski definition) is 6. The lowest BCUT2D eigenvalue weighted by molar-refractivity contribution is -0.137. The van der Waals surface area contributed by atoms with Crippen LogP contribution >= 0.6 is 0 Å². The van der Waals surface area contributed by atoms with Crippen molar-refractivity contribution in [3.8, 4) is 0 Å². The van der Waals surface area contributed by atoms with E-state index in [2.05, 4.69) is 49.8 Å². The van der Waals surface area contributed by atoms with Gasteiger partial charge in [0.15, 0.2) is 17.3 Å². The molecule has 3 aliphatic rings. The molecule has 0 saturated heterocycles. The fourth-order valence-electron chi connectivity index (χ4n) is 9.08. The first kappa shape index (κ1) is 64.6. The van der Waals surface area contributed by atoms with E-state index in [4.69, 9.17) is 0 Å². The summed E-state index contributed by atoms with van der Waals surface area (Å²) in [7, 11) is 0. The zero-order chi connectivity index (χ0) is 63.7. The van der Waals surface area contributed by atoms with Crippen molar-refractivity contribution >= 4 is 92.3 Å². The number of aromatic nitrogens is 2. The van der Waals surface area contributed by atoms with Crippen LogP contribution in [-0.4, -0.2) is 68.0 Å². The van der Waals surface area contributed by atoms with Gasteiger partial charge in [-0.3, -0.25) is 43.2 Å². The number of carbonyl (C=O) groups is 9. The van der Waals surface area contributed by atoms with Crippen molar-refractivity contribution < 1.29 is 53.0 Å². The van der Waals surface area contributed by atoms with Crippen LogP contribution in [0.25, 0.3) is 16.7 Å². The normalized spacial score (nSPS) is 13.6. The molecule has 450 valence electrons. The molecule has 10 rings (SSSR count). The average Bonchev–Trinajstić information content (AvgIpc) is 1.68. The number of allylic oxidation sites excluding steroid dienone is 1. The van der Waals surface area contributed by atoms with E-state index in [9.17, 15) is 53.1 Å². The number of ether oxygens (including phenoxy) is 1. The standard InChI is InChI=1S/C25H21NO3.C15H19N3O2.C15H17NO4.C14H15NO3/c1-3-15(2)16-8-10-17(11-9-16)25(29)26-18-12-13-21-22(14-18)24(28)20-7-5-4-6-19(20)23(21)27;1-5-15(3,4)14(20)18-11-8-6-7-10-12(11)16-9(2)17-13(10)19;1-4-15(2,3)14(19)16-10-7-5-6-9-8-11(17)20-13(18)12(9)10;1-3-8(2)14(18)15-9-4-5-10-11(6-9)13(17)7-12(10)16/h4-15H,3H2,1-2H3,(H,26,29);6-8H,5H2,1-4H3,(H,18,20)(H,16,17,19);5-7H,4,8H2,1-3H3,(H,16,19);4-8,17H,3H2,1-2H3,(H,15,18). The van der Waals surface area contributed by atoms with Gasteiger partial charge >= 0.3 is 11.9 Å². The van der Waals surface area contributed by atoms with Crippen molar-refractivity contribution in [1.29, 1.82) is 0 Å². The summed E-state index contributed by atoms with van der Waals surface area (Å²) < 4.78 is 4.62. The summed E-state index contributed by atoms with van der Waals surface area (Å²) >= 11 is 0. The molecule has 2 unspecified atom stereocenters. The Bertz CT molecular complexity index is 3990. The highest BCUT2D eigenvalue weighted by atomic mass is 16.6. The lowest BCUT2D eigenvalue weighted by Gasteiger charge is -2.23. The predicted molar refractivity (Wildman–Crippen MR) is 335 cm³/mol. The van der Waals surface area contributed by atoms with Crippen LogP contribution in [0, 0.1) is 23.7 Å². The van der Waals surface area contributed by atoms with E-state index in [1.807, 2.05) is 67.5 Å². The number of anilines is 4. The number of carbonyl (C=O) groups excluding carboxylic acids is 9. The van der Waals surface area contributed by atoms with E-state index >= 15 is 0 Å². The predicted octanol–water partition coefficient (Wildman–Crippen LogP) is 12.9. The molecule has 6 N–H and O–H groups in total. The third kappa shape index (κ3) is 14.9. The van der Waals surface area contributed by atoms with Gasteiger partial charge in [-0.05, 0) is 116 Å². The lowest BCUT2D eigenvalue weighted by atomic mass is 9.84. The molecule has 0 bridgehead atoms. The molecule has 0 spiro atoms. The van der Waals surface area contributed by atoms with Gasteiger partial charge in [-0.25, -0.2) is 9.78 Å². The largest absolute Gasteiger partial charge is 0.507 e. The molecule has 0 fully saturated rings. The van der Waals surface area contributed by atoms with E-state index in [0.717, 1.165) is 19.3 Å². The topological polar surface area (TPSA) is 277 Å². The molecule has 1 aromatic heterocycles. The van der Waals surface area contributed by atoms with Gasteiger partial charge in [0.25, 0.3) is 11.5 Å². The van der Waals surface area contributed by atoms with E-state index in [-0.39, 0.29) is 70.2 Å². The molecule has 2 heterocycles. The maximum absolute atomic E-state index is 12.8. The molecular weight excluding hydrogens is 1100 g/mol. The second-order valence-electron chi connectivity index (χ2n) is 22.8. The second-order valence-corrected chi connectivity index (χ2v) is 22.8. The van der Waals surface area contributed by atoms with Crippen LogP contribution in [-0.2, 0) is 30.3 Å². The molecule has 4 amide bonds. The van der Waals surface area contributed by atoms with Crippen LogP contribution in [0.2, 0.25) is 0 Å². The van der Waals surface area contributed by atoms with Gasteiger partial charge in [0.2, 0.25) is 17.7 Å². The monoisotopic (exact) mass is 1180 g/mol. The Morgan fingerprint density at radius 1 is 0.621 bits per heavy atom. The van der Waals surface area contributed by atoms with Crippen molar-refractivity contribution in [1.82, 2.24) is 9.97 Å². The highest BCUT2D eigenvalue weighted by Crippen LogP contribution is 2.33. The average molecular weight is 1180 g/mol. The summed E-state index contributed by atoms with van der Waals surface area (Å²) in [6.45, 7) is 21.1. The summed E-state index contributed by atoms with van der Waals surface area (Å²) in [5.74, 6) is -1.57. The minimum Gasteiger partial charge on any atom is -0.507 e. The van der Waals surface area contributed by atoms with E-state index < -0.39 is 22.8 Å². The highest BCUT2D eigenvalue weighted by Gasteiger charge is 2.33. The number of aliphatic hydroxyl groups excluding tert-OH is 1. The van der Waals surface area contributed by atoms with E-state index in [1.54, 1.807) is 116 Å². The summed E-state index contributed by atoms with van der Waals surface area (Å²) in [6.07, 6.45) is 4.44. The highest BCUT2D eigenvalue weighted by molar-refractivity contribution is 6.29. The summed E-state index contributed by atoms with van der Waals surface area (Å²) in [6, 6.07) is 34.3. The van der Waals surface area contributed by atoms with E-state index in [1.165, 1.54) is 11.6 Å². The second kappa shape index (κ2) is 27.4. The third-order valence-corrected chi connectivity index (χ3v) is 15.9. The van der Waals surface area contributed by atoms with Crippen molar-refractivity contribution in [2.75, 3.05) is 21.3 Å². The molecule has 18 heteroatoms. The quantitative estimate of drug-likeness (QED) is 0.0463. The van der Waals surface area contributed by atoms with Crippen LogP contribution in [0.4, 0.5) is 22.7 Å². The van der Waals surface area contributed by atoms with Gasteiger partial charge < -0.3 is 36.1 Å². The Morgan fingerprint density at radius 2 is 1.17 bits per heavy atom. The third-order valence-electron chi connectivity index (χ3n) is 15.9. The van der Waals surface area contributed by atoms with Crippen LogP contribution in [0.15, 0.2) is 132 Å². The van der Waals surface area contributed by atoms with Gasteiger partial charge in [0.1, 0.15) is 17.1 Å². The number of para-hydroxylation sites is 1. The van der Waals surface area contributed by atoms with Crippen molar-refractivity contribution in [3.05, 3.63) is 199 Å². The van der Waals surface area contributed by atoms with Crippen molar-refractivity contribution in [2.24, 2.45) is 16.7 Å². The number of H-pyrrole nitrogens is 1. The number of nitrogens with zero attached hydrogens (tertiary/aromatic N) is 1. The van der Waals surface area contributed by atoms with Gasteiger partial charge in [0.05, 0.1) is 28.7 Å². The first-order valence-corrected chi connectivity index (χ1v) is 28.9. The number of ketones is 3. The minimum absolute atomic E-state index is 0.0436. The molecule has 0 saturated carbocycles. The summed E-state index contributed by atoms with van der Waals surface area (Å²) in [5, 5.41) is 21.3. The molecule has 6 aromatic carbocycles. The van der Waals surface area contributed by atoms with Gasteiger partial charge in [-0.2, -0.15) is 0 Å². The molecule has 2 aliphatic carbocycles. The Morgan fingerprint density at radius 3 is 1.78 bits per heavy atom. The van der Waals surface area contributed by atoms with Crippen LogP contribution in [0.3, 0.4) is 0 Å². The molecule has 18 nitrogen and oxygen atoms in total. The SMILES string of the molecule is CCC(C)(C)C(=O)Nc1cccc2c(=O)[nH]c(C)nc12.CCC(C)(C)C(=O)Nc1cccc2c1C(=O)OC(=O)C2.CCC(C)C(=O)Nc1ccc2c(c1)C(O)=CC2=O.CCC(C)c1ccc(C(=O)Nc2ccc3c(c2)C(=O)c2ccccc2C3=O)cc1. The van der Waals surface area contributed by atoms with Gasteiger partial charge in [0, 0.05) is 73.1 Å². The molecule has 0 radical (unpaired) electrons. The Balaban J connectivity index is 0.000000169. The molecule has 7 aromatic rings. The number of amides is 4. The van der Waals surface area contributed by atoms with Gasteiger partial charge in [-0.1, -0.05) is 124 Å². The van der Waals surface area contributed by atoms with Crippen LogP contribution in [0.5, 0.6) is 0 Å². The Labute approximate surface area is 504 Å². The van der Waals surface area contributed by atoms with Gasteiger partial charge in [-0.15, -0.1) is 0 Å². The molecular formula is C69H72N6O12.